The molecule has 1 aromatic heterocycles. The summed E-state index contributed by atoms with van der Waals surface area (Å²) in [7, 11) is 0. The molecule has 0 bridgehead atoms. The molecule has 5 nitrogen and oxygen atoms in total. The fourth-order valence-corrected chi connectivity index (χ4v) is 1.97. The molecule has 22 heavy (non-hydrogen) atoms. The standard InChI is InChI=1S/C15H17F2N3O2/c1-10-8-18-20(9-10)6-5-14(21)19-13-4-3-12(7-11(13)2)22-15(16)17/h3-4,7-9,15H,5-6H2,1-2H3,(H,19,21). The van der Waals surface area contributed by atoms with Gasteiger partial charge in [0.25, 0.3) is 0 Å². The van der Waals surface area contributed by atoms with Gasteiger partial charge in [0.2, 0.25) is 5.91 Å². The number of halogens is 2. The minimum Gasteiger partial charge on any atom is -0.435 e. The lowest BCUT2D eigenvalue weighted by molar-refractivity contribution is -0.116. The highest BCUT2D eigenvalue weighted by molar-refractivity contribution is 5.91. The van der Waals surface area contributed by atoms with E-state index in [-0.39, 0.29) is 18.1 Å². The Morgan fingerprint density at radius 3 is 2.77 bits per heavy atom. The van der Waals surface area contributed by atoms with Gasteiger partial charge in [-0.15, -0.1) is 0 Å². The Balaban J connectivity index is 1.90. The van der Waals surface area contributed by atoms with E-state index in [1.807, 2.05) is 13.1 Å². The molecule has 7 heteroatoms. The van der Waals surface area contributed by atoms with Gasteiger partial charge in [-0.05, 0) is 43.2 Å². The van der Waals surface area contributed by atoms with Crippen molar-refractivity contribution in [2.75, 3.05) is 5.32 Å². The van der Waals surface area contributed by atoms with Gasteiger partial charge in [0, 0.05) is 24.8 Å². The maximum Gasteiger partial charge on any atom is 0.387 e. The van der Waals surface area contributed by atoms with Gasteiger partial charge in [-0.2, -0.15) is 13.9 Å². The zero-order valence-electron chi connectivity index (χ0n) is 12.3. The van der Waals surface area contributed by atoms with E-state index < -0.39 is 6.61 Å². The molecule has 1 N–H and O–H groups in total. The quantitative estimate of drug-likeness (QED) is 0.892. The SMILES string of the molecule is Cc1cnn(CCC(=O)Nc2ccc(OC(F)F)cc2C)c1. The van der Waals surface area contributed by atoms with Gasteiger partial charge < -0.3 is 10.1 Å². The number of hydrogen-bond donors (Lipinski definition) is 1. The van der Waals surface area contributed by atoms with Crippen LogP contribution in [0.2, 0.25) is 0 Å². The van der Waals surface area contributed by atoms with E-state index in [9.17, 15) is 13.6 Å². The molecule has 1 amide bonds. The topological polar surface area (TPSA) is 56.2 Å². The molecule has 1 aromatic carbocycles. The number of carbonyl (C=O) groups is 1. The molecule has 118 valence electrons. The van der Waals surface area contributed by atoms with Crippen molar-refractivity contribution in [3.8, 4) is 5.75 Å². The highest BCUT2D eigenvalue weighted by atomic mass is 19.3. The average Bonchev–Trinajstić information content (AvgIpc) is 2.85. The van der Waals surface area contributed by atoms with Crippen molar-refractivity contribution in [1.82, 2.24) is 9.78 Å². The van der Waals surface area contributed by atoms with E-state index in [1.54, 1.807) is 23.9 Å². The number of hydrogen-bond acceptors (Lipinski definition) is 3. The predicted octanol–water partition coefficient (Wildman–Crippen LogP) is 3.13. The van der Waals surface area contributed by atoms with Crippen LogP contribution in [0, 0.1) is 13.8 Å². The Morgan fingerprint density at radius 1 is 1.41 bits per heavy atom. The van der Waals surface area contributed by atoms with Gasteiger partial charge in [0.1, 0.15) is 5.75 Å². The molecule has 2 aromatic rings. The summed E-state index contributed by atoms with van der Waals surface area (Å²) in [6, 6.07) is 4.40. The van der Waals surface area contributed by atoms with Crippen LogP contribution >= 0.6 is 0 Å². The molecular formula is C15H17F2N3O2. The zero-order valence-corrected chi connectivity index (χ0v) is 12.3. The van der Waals surface area contributed by atoms with Crippen molar-refractivity contribution < 1.29 is 18.3 Å². The van der Waals surface area contributed by atoms with Crippen LogP contribution in [0.25, 0.3) is 0 Å². The van der Waals surface area contributed by atoms with E-state index in [2.05, 4.69) is 15.2 Å². The van der Waals surface area contributed by atoms with Crippen LogP contribution in [0.15, 0.2) is 30.6 Å². The number of nitrogens with one attached hydrogen (secondary N) is 1. The fourth-order valence-electron chi connectivity index (χ4n) is 1.97. The van der Waals surface area contributed by atoms with Gasteiger partial charge in [-0.25, -0.2) is 0 Å². The summed E-state index contributed by atoms with van der Waals surface area (Å²) >= 11 is 0. The maximum absolute atomic E-state index is 12.1. The first-order valence-corrected chi connectivity index (χ1v) is 6.78. The van der Waals surface area contributed by atoms with Crippen molar-refractivity contribution in [2.45, 2.75) is 33.4 Å². The average molecular weight is 309 g/mol. The van der Waals surface area contributed by atoms with Crippen LogP contribution in [-0.4, -0.2) is 22.3 Å². The number of rotatable bonds is 6. The fraction of sp³-hybridized carbons (Fsp3) is 0.333. The summed E-state index contributed by atoms with van der Waals surface area (Å²) in [4.78, 5) is 11.9. The monoisotopic (exact) mass is 309 g/mol. The number of anilines is 1. The van der Waals surface area contributed by atoms with Crippen LogP contribution < -0.4 is 10.1 Å². The number of amides is 1. The van der Waals surface area contributed by atoms with Gasteiger partial charge in [-0.3, -0.25) is 9.48 Å². The Bertz CT molecular complexity index is 656. The molecule has 2 rings (SSSR count). The van der Waals surface area contributed by atoms with Crippen LogP contribution in [0.3, 0.4) is 0 Å². The van der Waals surface area contributed by atoms with Crippen molar-refractivity contribution >= 4 is 11.6 Å². The van der Waals surface area contributed by atoms with E-state index in [4.69, 9.17) is 0 Å². The van der Waals surface area contributed by atoms with Gasteiger partial charge in [0.05, 0.1) is 6.20 Å². The Morgan fingerprint density at radius 2 is 2.18 bits per heavy atom. The van der Waals surface area contributed by atoms with Crippen molar-refractivity contribution in [3.05, 3.63) is 41.7 Å². The van der Waals surface area contributed by atoms with Crippen LogP contribution in [0.5, 0.6) is 5.75 Å². The molecular weight excluding hydrogens is 292 g/mol. The molecule has 0 aliphatic rings. The second-order valence-corrected chi connectivity index (χ2v) is 4.93. The molecule has 0 saturated carbocycles. The van der Waals surface area contributed by atoms with E-state index in [0.29, 0.717) is 17.8 Å². The van der Waals surface area contributed by atoms with Crippen LogP contribution in [0.4, 0.5) is 14.5 Å². The lowest BCUT2D eigenvalue weighted by atomic mass is 10.2. The van der Waals surface area contributed by atoms with Gasteiger partial charge >= 0.3 is 6.61 Å². The molecule has 0 unspecified atom stereocenters. The van der Waals surface area contributed by atoms with Crippen molar-refractivity contribution in [2.24, 2.45) is 0 Å². The number of carbonyl (C=O) groups excluding carboxylic acids is 1. The smallest absolute Gasteiger partial charge is 0.387 e. The number of benzene rings is 1. The molecule has 0 atom stereocenters. The zero-order chi connectivity index (χ0) is 16.1. The van der Waals surface area contributed by atoms with E-state index >= 15 is 0 Å². The van der Waals surface area contributed by atoms with Crippen LogP contribution in [-0.2, 0) is 11.3 Å². The molecule has 0 aliphatic carbocycles. The number of alkyl halides is 2. The Hall–Kier alpha value is -2.44. The Labute approximate surface area is 126 Å². The predicted molar refractivity (Wildman–Crippen MR) is 78.0 cm³/mol. The summed E-state index contributed by atoms with van der Waals surface area (Å²) in [5.41, 5.74) is 2.26. The molecule has 0 radical (unpaired) electrons. The molecule has 1 heterocycles. The summed E-state index contributed by atoms with van der Waals surface area (Å²) in [6.45, 7) is 1.25. The van der Waals surface area contributed by atoms with Gasteiger partial charge in [0.15, 0.2) is 0 Å². The lowest BCUT2D eigenvalue weighted by Crippen LogP contribution is -2.15. The second-order valence-electron chi connectivity index (χ2n) is 4.93. The number of aromatic nitrogens is 2. The van der Waals surface area contributed by atoms with E-state index in [0.717, 1.165) is 5.56 Å². The Kier molecular flexibility index (Phi) is 5.08. The normalized spacial score (nSPS) is 10.8. The number of ether oxygens (including phenoxy) is 1. The summed E-state index contributed by atoms with van der Waals surface area (Å²) < 4.78 is 30.3. The number of nitrogens with zero attached hydrogens (tertiary/aromatic N) is 2. The number of aryl methyl sites for hydroxylation is 3. The van der Waals surface area contributed by atoms with Crippen molar-refractivity contribution in [3.63, 3.8) is 0 Å². The summed E-state index contributed by atoms with van der Waals surface area (Å²) in [5.74, 6) is -0.101. The highest BCUT2D eigenvalue weighted by Gasteiger charge is 2.09. The lowest BCUT2D eigenvalue weighted by Gasteiger charge is -2.11. The first-order chi connectivity index (χ1) is 10.4. The first-order valence-electron chi connectivity index (χ1n) is 6.78. The minimum atomic E-state index is -2.86. The molecule has 0 fully saturated rings. The summed E-state index contributed by atoms with van der Waals surface area (Å²) in [6.07, 6.45) is 3.86. The molecule has 0 aliphatic heterocycles. The molecule has 0 saturated heterocycles. The summed E-state index contributed by atoms with van der Waals surface area (Å²) in [5, 5.41) is 6.85. The van der Waals surface area contributed by atoms with Gasteiger partial charge in [-0.1, -0.05) is 0 Å². The highest BCUT2D eigenvalue weighted by Crippen LogP contribution is 2.22. The van der Waals surface area contributed by atoms with Crippen LogP contribution in [0.1, 0.15) is 17.5 Å². The van der Waals surface area contributed by atoms with Crippen molar-refractivity contribution in [1.29, 1.82) is 0 Å². The first kappa shape index (κ1) is 15.9. The largest absolute Gasteiger partial charge is 0.435 e. The maximum atomic E-state index is 12.1. The third-order valence-electron chi connectivity index (χ3n) is 3.03. The second kappa shape index (κ2) is 7.02. The van der Waals surface area contributed by atoms with E-state index in [1.165, 1.54) is 12.1 Å². The minimum absolute atomic E-state index is 0.0671. The third-order valence-corrected chi connectivity index (χ3v) is 3.03. The third kappa shape index (κ3) is 4.54. The molecule has 0 spiro atoms.